The topological polar surface area (TPSA) is 38.9 Å². The zero-order valence-electron chi connectivity index (χ0n) is 8.76. The van der Waals surface area contributed by atoms with E-state index >= 15 is 0 Å². The Balaban J connectivity index is 1.95. The molecular weight excluding hydrogens is 244 g/mol. The molecule has 0 spiro atoms. The lowest BCUT2D eigenvalue weighted by atomic mass is 10.4. The first-order chi connectivity index (χ1) is 7.75. The van der Waals surface area contributed by atoms with Crippen molar-refractivity contribution in [2.75, 3.05) is 0 Å². The maximum Gasteiger partial charge on any atom is 0.234 e. The fourth-order valence-electron chi connectivity index (χ4n) is 1.15. The molecule has 84 valence electrons. The van der Waals surface area contributed by atoms with Crippen molar-refractivity contribution in [3.63, 3.8) is 0 Å². The number of rotatable bonds is 4. The van der Waals surface area contributed by atoms with E-state index in [2.05, 4.69) is 10.2 Å². The van der Waals surface area contributed by atoms with Crippen molar-refractivity contribution in [1.29, 1.82) is 0 Å². The molecule has 0 saturated carbocycles. The van der Waals surface area contributed by atoms with E-state index in [0.717, 1.165) is 0 Å². The van der Waals surface area contributed by atoms with Crippen LogP contribution in [0, 0.1) is 0 Å². The summed E-state index contributed by atoms with van der Waals surface area (Å²) in [5.74, 6) is 1.75. The van der Waals surface area contributed by atoms with Gasteiger partial charge in [-0.05, 0) is 19.1 Å². The number of aromatic nitrogens is 2. The van der Waals surface area contributed by atoms with Crippen molar-refractivity contribution in [3.8, 4) is 0 Å². The number of thioether (sulfide) groups is 1. The van der Waals surface area contributed by atoms with Crippen LogP contribution in [0.2, 0.25) is 0 Å². The van der Waals surface area contributed by atoms with Crippen LogP contribution in [0.5, 0.6) is 0 Å². The zero-order valence-corrected chi connectivity index (χ0v) is 10.3. The number of benzene rings is 1. The maximum atomic E-state index is 5.83. The van der Waals surface area contributed by atoms with Crippen molar-refractivity contribution in [2.24, 2.45) is 0 Å². The van der Waals surface area contributed by atoms with Crippen LogP contribution in [-0.4, -0.2) is 10.2 Å². The molecule has 2 aromatic rings. The summed E-state index contributed by atoms with van der Waals surface area (Å²) in [6, 6.07) is 10.1. The quantitative estimate of drug-likeness (QED) is 0.617. The average Bonchev–Trinajstić information content (AvgIpc) is 2.76. The van der Waals surface area contributed by atoms with E-state index in [1.807, 2.05) is 37.3 Å². The van der Waals surface area contributed by atoms with Gasteiger partial charge in [0.25, 0.3) is 0 Å². The first-order valence-corrected chi connectivity index (χ1v) is 6.32. The Bertz CT molecular complexity index is 444. The van der Waals surface area contributed by atoms with E-state index in [1.54, 1.807) is 11.8 Å². The summed E-state index contributed by atoms with van der Waals surface area (Å²) in [5, 5.41) is 7.56. The molecule has 0 aliphatic rings. The molecule has 1 atom stereocenters. The molecule has 0 aliphatic carbocycles. The second-order valence-corrected chi connectivity index (χ2v) is 4.96. The number of alkyl halides is 1. The summed E-state index contributed by atoms with van der Waals surface area (Å²) in [5.41, 5.74) is 0. The average molecular weight is 255 g/mol. The highest BCUT2D eigenvalue weighted by molar-refractivity contribution is 7.98. The third-order valence-electron chi connectivity index (χ3n) is 1.93. The fourth-order valence-corrected chi connectivity index (χ4v) is 1.99. The number of nitrogens with zero attached hydrogens (tertiary/aromatic N) is 2. The van der Waals surface area contributed by atoms with E-state index in [1.165, 1.54) is 4.90 Å². The zero-order chi connectivity index (χ0) is 11.4. The Kier molecular flexibility index (Phi) is 3.85. The molecule has 0 N–H and O–H groups in total. The summed E-state index contributed by atoms with van der Waals surface area (Å²) in [4.78, 5) is 1.18. The number of hydrogen-bond donors (Lipinski definition) is 0. The van der Waals surface area contributed by atoms with Crippen LogP contribution in [-0.2, 0) is 5.75 Å². The molecule has 0 amide bonds. The first kappa shape index (κ1) is 11.5. The van der Waals surface area contributed by atoms with Gasteiger partial charge < -0.3 is 4.42 Å². The van der Waals surface area contributed by atoms with Crippen molar-refractivity contribution < 1.29 is 4.42 Å². The minimum absolute atomic E-state index is 0.233. The summed E-state index contributed by atoms with van der Waals surface area (Å²) >= 11 is 7.49. The van der Waals surface area contributed by atoms with Crippen LogP contribution in [0.25, 0.3) is 0 Å². The molecule has 0 aliphatic heterocycles. The van der Waals surface area contributed by atoms with E-state index in [9.17, 15) is 0 Å². The van der Waals surface area contributed by atoms with Crippen LogP contribution in [0.4, 0.5) is 0 Å². The molecule has 3 nitrogen and oxygen atoms in total. The highest BCUT2D eigenvalue weighted by atomic mass is 35.5. The third-order valence-corrected chi connectivity index (χ3v) is 3.11. The Morgan fingerprint density at radius 2 is 2.06 bits per heavy atom. The molecule has 16 heavy (non-hydrogen) atoms. The van der Waals surface area contributed by atoms with Gasteiger partial charge >= 0.3 is 0 Å². The standard InChI is InChI=1S/C11H11ClN2OS/c1-8(12)11-14-13-10(15-11)7-16-9-5-3-2-4-6-9/h2-6,8H,7H2,1H3. The molecule has 0 radical (unpaired) electrons. The van der Waals surface area contributed by atoms with Crippen LogP contribution < -0.4 is 0 Å². The Labute approximate surface area is 103 Å². The monoisotopic (exact) mass is 254 g/mol. The Morgan fingerprint density at radius 3 is 2.69 bits per heavy atom. The Morgan fingerprint density at radius 1 is 1.31 bits per heavy atom. The lowest BCUT2D eigenvalue weighted by Gasteiger charge is -1.97. The van der Waals surface area contributed by atoms with Gasteiger partial charge in [-0.1, -0.05) is 18.2 Å². The Hall–Kier alpha value is -1.00. The number of hydrogen-bond acceptors (Lipinski definition) is 4. The van der Waals surface area contributed by atoms with E-state index < -0.39 is 0 Å². The van der Waals surface area contributed by atoms with Crippen molar-refractivity contribution >= 4 is 23.4 Å². The van der Waals surface area contributed by atoms with Crippen LogP contribution in [0.3, 0.4) is 0 Å². The second-order valence-electron chi connectivity index (χ2n) is 3.25. The largest absolute Gasteiger partial charge is 0.423 e. The molecule has 1 unspecified atom stereocenters. The SMILES string of the molecule is CC(Cl)c1nnc(CSc2ccccc2)o1. The molecule has 5 heteroatoms. The summed E-state index contributed by atoms with van der Waals surface area (Å²) < 4.78 is 5.39. The minimum atomic E-state index is -0.233. The van der Waals surface area contributed by atoms with Crippen LogP contribution >= 0.6 is 23.4 Å². The van der Waals surface area contributed by atoms with Gasteiger partial charge in [0.2, 0.25) is 11.8 Å². The van der Waals surface area contributed by atoms with E-state index in [0.29, 0.717) is 17.5 Å². The van der Waals surface area contributed by atoms with Gasteiger partial charge in [0.15, 0.2) is 0 Å². The van der Waals surface area contributed by atoms with Crippen molar-refractivity contribution in [3.05, 3.63) is 42.1 Å². The van der Waals surface area contributed by atoms with Gasteiger partial charge in [0.05, 0.1) is 5.75 Å². The van der Waals surface area contributed by atoms with Crippen molar-refractivity contribution in [1.82, 2.24) is 10.2 Å². The van der Waals surface area contributed by atoms with Crippen LogP contribution in [0.15, 0.2) is 39.6 Å². The summed E-state index contributed by atoms with van der Waals surface area (Å²) in [6.07, 6.45) is 0. The van der Waals surface area contributed by atoms with Gasteiger partial charge in [-0.2, -0.15) is 0 Å². The van der Waals surface area contributed by atoms with Crippen LogP contribution in [0.1, 0.15) is 24.1 Å². The fraction of sp³-hybridized carbons (Fsp3) is 0.273. The normalized spacial score (nSPS) is 12.6. The summed E-state index contributed by atoms with van der Waals surface area (Å²) in [6.45, 7) is 1.81. The maximum absolute atomic E-state index is 5.83. The van der Waals surface area contributed by atoms with Gasteiger partial charge in [-0.3, -0.25) is 0 Å². The minimum Gasteiger partial charge on any atom is -0.423 e. The van der Waals surface area contributed by atoms with Gasteiger partial charge in [0.1, 0.15) is 5.38 Å². The smallest absolute Gasteiger partial charge is 0.234 e. The van der Waals surface area contributed by atoms with E-state index in [-0.39, 0.29) is 5.38 Å². The lowest BCUT2D eigenvalue weighted by Crippen LogP contribution is -1.81. The highest BCUT2D eigenvalue weighted by Crippen LogP contribution is 2.23. The highest BCUT2D eigenvalue weighted by Gasteiger charge is 2.10. The molecule has 1 heterocycles. The van der Waals surface area contributed by atoms with Gasteiger partial charge in [0, 0.05) is 4.90 Å². The predicted molar refractivity (Wildman–Crippen MR) is 64.6 cm³/mol. The van der Waals surface area contributed by atoms with Gasteiger partial charge in [-0.25, -0.2) is 0 Å². The number of halogens is 1. The lowest BCUT2D eigenvalue weighted by molar-refractivity contribution is 0.465. The molecule has 1 aromatic heterocycles. The molecule has 0 saturated heterocycles. The molecule has 0 fully saturated rings. The molecule has 1 aromatic carbocycles. The summed E-state index contributed by atoms with van der Waals surface area (Å²) in [7, 11) is 0. The predicted octanol–water partition coefficient (Wildman–Crippen LogP) is 3.66. The third kappa shape index (κ3) is 3.00. The molecule has 2 rings (SSSR count). The first-order valence-electron chi connectivity index (χ1n) is 4.90. The molecular formula is C11H11ClN2OS. The second kappa shape index (κ2) is 5.37. The van der Waals surface area contributed by atoms with E-state index in [4.69, 9.17) is 16.0 Å². The van der Waals surface area contributed by atoms with Crippen molar-refractivity contribution in [2.45, 2.75) is 22.9 Å². The van der Waals surface area contributed by atoms with Gasteiger partial charge in [-0.15, -0.1) is 33.6 Å². The molecule has 0 bridgehead atoms.